The lowest BCUT2D eigenvalue weighted by atomic mass is 9.97. The molecule has 0 fully saturated rings. The summed E-state index contributed by atoms with van der Waals surface area (Å²) in [5.74, 6) is -0.900. The zero-order chi connectivity index (χ0) is 14.5. The number of hydrogen-bond acceptors (Lipinski definition) is 3. The molecule has 3 N–H and O–H groups in total. The van der Waals surface area contributed by atoms with Crippen LogP contribution in [-0.2, 0) is 6.42 Å². The van der Waals surface area contributed by atoms with Crippen molar-refractivity contribution in [2.75, 3.05) is 7.05 Å². The lowest BCUT2D eigenvalue weighted by Crippen LogP contribution is -2.24. The van der Waals surface area contributed by atoms with Crippen LogP contribution in [0.4, 0.5) is 0 Å². The van der Waals surface area contributed by atoms with Crippen molar-refractivity contribution in [1.82, 2.24) is 10.3 Å². The molecule has 0 atom stereocenters. The Balaban J connectivity index is 2.52. The molecule has 20 heavy (non-hydrogen) atoms. The number of amides is 2. The summed E-state index contributed by atoms with van der Waals surface area (Å²) >= 11 is 0. The van der Waals surface area contributed by atoms with E-state index >= 15 is 0 Å². The number of nitrogens with one attached hydrogen (secondary N) is 1. The highest BCUT2D eigenvalue weighted by Gasteiger charge is 2.18. The highest BCUT2D eigenvalue weighted by Crippen LogP contribution is 2.17. The second kappa shape index (κ2) is 5.97. The molecule has 5 nitrogen and oxygen atoms in total. The van der Waals surface area contributed by atoms with Crippen LogP contribution >= 0.6 is 0 Å². The molecule has 0 radical (unpaired) electrons. The minimum atomic E-state index is -0.566. The minimum absolute atomic E-state index is 0.229. The number of carbonyl (C=O) groups is 2. The number of nitrogens with zero attached hydrogens (tertiary/aromatic N) is 1. The first kappa shape index (κ1) is 13.7. The highest BCUT2D eigenvalue weighted by molar-refractivity contribution is 6.00. The van der Waals surface area contributed by atoms with Gasteiger partial charge in [0.1, 0.15) is 5.69 Å². The number of primary amides is 1. The molecule has 1 heterocycles. The summed E-state index contributed by atoms with van der Waals surface area (Å²) in [5, 5.41) is 2.52. The lowest BCUT2D eigenvalue weighted by molar-refractivity contribution is 0.0957. The Labute approximate surface area is 116 Å². The fourth-order valence-corrected chi connectivity index (χ4v) is 2.02. The van der Waals surface area contributed by atoms with Crippen LogP contribution in [0.5, 0.6) is 0 Å². The van der Waals surface area contributed by atoms with Gasteiger partial charge in [0.05, 0.1) is 0 Å². The van der Waals surface area contributed by atoms with Gasteiger partial charge in [-0.2, -0.15) is 0 Å². The van der Waals surface area contributed by atoms with Crippen molar-refractivity contribution >= 4 is 11.8 Å². The summed E-state index contributed by atoms with van der Waals surface area (Å²) in [7, 11) is 1.52. The summed E-state index contributed by atoms with van der Waals surface area (Å²) in [6.07, 6.45) is 1.84. The Hall–Kier alpha value is -2.69. The third-order valence-electron chi connectivity index (χ3n) is 2.99. The number of rotatable bonds is 4. The van der Waals surface area contributed by atoms with E-state index in [9.17, 15) is 9.59 Å². The van der Waals surface area contributed by atoms with Crippen LogP contribution in [0, 0.1) is 0 Å². The first-order valence-electron chi connectivity index (χ1n) is 6.17. The summed E-state index contributed by atoms with van der Waals surface area (Å²) in [6.45, 7) is 0. The number of pyridine rings is 1. The van der Waals surface area contributed by atoms with Gasteiger partial charge in [0.2, 0.25) is 5.91 Å². The SMILES string of the molecule is CNC(=O)c1nccc(C(N)=O)c1Cc1ccccc1. The largest absolute Gasteiger partial charge is 0.366 e. The highest BCUT2D eigenvalue weighted by atomic mass is 16.2. The second-order valence-corrected chi connectivity index (χ2v) is 4.29. The van der Waals surface area contributed by atoms with Gasteiger partial charge < -0.3 is 11.1 Å². The fourth-order valence-electron chi connectivity index (χ4n) is 2.02. The summed E-state index contributed by atoms with van der Waals surface area (Å²) in [6, 6.07) is 11.1. The van der Waals surface area contributed by atoms with Gasteiger partial charge in [0.15, 0.2) is 0 Å². The van der Waals surface area contributed by atoms with Crippen LogP contribution in [0.3, 0.4) is 0 Å². The summed E-state index contributed by atoms with van der Waals surface area (Å²) in [5.41, 5.74) is 7.46. The fraction of sp³-hybridized carbons (Fsp3) is 0.133. The topological polar surface area (TPSA) is 85.1 Å². The normalized spacial score (nSPS) is 10.1. The molecule has 2 aromatic rings. The van der Waals surface area contributed by atoms with Crippen LogP contribution in [0.1, 0.15) is 32.0 Å². The maximum absolute atomic E-state index is 11.9. The minimum Gasteiger partial charge on any atom is -0.366 e. The number of benzene rings is 1. The van der Waals surface area contributed by atoms with Gasteiger partial charge in [-0.05, 0) is 11.6 Å². The van der Waals surface area contributed by atoms with Gasteiger partial charge in [0, 0.05) is 30.8 Å². The van der Waals surface area contributed by atoms with E-state index in [4.69, 9.17) is 5.73 Å². The number of carbonyl (C=O) groups excluding carboxylic acids is 2. The molecule has 0 saturated heterocycles. The van der Waals surface area contributed by atoms with Crippen LogP contribution in [0.25, 0.3) is 0 Å². The first-order chi connectivity index (χ1) is 9.63. The van der Waals surface area contributed by atoms with E-state index in [1.54, 1.807) is 0 Å². The third-order valence-corrected chi connectivity index (χ3v) is 2.99. The smallest absolute Gasteiger partial charge is 0.269 e. The maximum atomic E-state index is 11.9. The number of hydrogen-bond donors (Lipinski definition) is 2. The summed E-state index contributed by atoms with van der Waals surface area (Å²) in [4.78, 5) is 27.5. The van der Waals surface area contributed by atoms with E-state index in [0.717, 1.165) is 5.56 Å². The zero-order valence-electron chi connectivity index (χ0n) is 11.1. The molecule has 0 unspecified atom stereocenters. The Morgan fingerprint density at radius 3 is 2.50 bits per heavy atom. The second-order valence-electron chi connectivity index (χ2n) is 4.29. The average Bonchev–Trinajstić information content (AvgIpc) is 2.47. The van der Waals surface area contributed by atoms with Gasteiger partial charge in [-0.3, -0.25) is 14.6 Å². The monoisotopic (exact) mass is 269 g/mol. The van der Waals surface area contributed by atoms with Crippen LogP contribution in [0.2, 0.25) is 0 Å². The van der Waals surface area contributed by atoms with Gasteiger partial charge in [-0.1, -0.05) is 30.3 Å². The predicted molar refractivity (Wildman–Crippen MR) is 75.4 cm³/mol. The summed E-state index contributed by atoms with van der Waals surface area (Å²) < 4.78 is 0. The molecule has 0 aliphatic rings. The molecule has 0 spiro atoms. The molecule has 2 amide bonds. The standard InChI is InChI=1S/C15H15N3O2/c1-17-15(20)13-12(9-10-5-3-2-4-6-10)11(14(16)19)7-8-18-13/h2-8H,9H2,1H3,(H2,16,19)(H,17,20). The quantitative estimate of drug-likeness (QED) is 0.872. The van der Waals surface area contributed by atoms with E-state index < -0.39 is 5.91 Å². The van der Waals surface area contributed by atoms with Gasteiger partial charge >= 0.3 is 0 Å². The average molecular weight is 269 g/mol. The van der Waals surface area contributed by atoms with Crippen molar-refractivity contribution in [2.24, 2.45) is 5.73 Å². The van der Waals surface area contributed by atoms with Crippen molar-refractivity contribution in [1.29, 1.82) is 0 Å². The van der Waals surface area contributed by atoms with Gasteiger partial charge in [0.25, 0.3) is 5.91 Å². The van der Waals surface area contributed by atoms with Crippen molar-refractivity contribution < 1.29 is 9.59 Å². The molecule has 2 rings (SSSR count). The van der Waals surface area contributed by atoms with Crippen LogP contribution < -0.4 is 11.1 Å². The molecule has 102 valence electrons. The van der Waals surface area contributed by atoms with E-state index in [2.05, 4.69) is 10.3 Å². The molecular weight excluding hydrogens is 254 g/mol. The van der Waals surface area contributed by atoms with E-state index in [-0.39, 0.29) is 11.6 Å². The Morgan fingerprint density at radius 2 is 1.90 bits per heavy atom. The van der Waals surface area contributed by atoms with Crippen molar-refractivity contribution in [3.63, 3.8) is 0 Å². The van der Waals surface area contributed by atoms with E-state index in [1.807, 2.05) is 30.3 Å². The van der Waals surface area contributed by atoms with Crippen molar-refractivity contribution in [2.45, 2.75) is 6.42 Å². The lowest BCUT2D eigenvalue weighted by Gasteiger charge is -2.11. The van der Waals surface area contributed by atoms with E-state index in [0.29, 0.717) is 17.5 Å². The molecule has 5 heteroatoms. The van der Waals surface area contributed by atoms with Crippen LogP contribution in [-0.4, -0.2) is 23.8 Å². The third kappa shape index (κ3) is 2.83. The van der Waals surface area contributed by atoms with Crippen molar-refractivity contribution in [3.8, 4) is 0 Å². The Morgan fingerprint density at radius 1 is 1.20 bits per heavy atom. The Bertz CT molecular complexity index is 639. The molecule has 0 bridgehead atoms. The predicted octanol–water partition coefficient (Wildman–Crippen LogP) is 1.13. The van der Waals surface area contributed by atoms with E-state index in [1.165, 1.54) is 19.3 Å². The van der Waals surface area contributed by atoms with Gasteiger partial charge in [-0.15, -0.1) is 0 Å². The number of aromatic nitrogens is 1. The Kier molecular flexibility index (Phi) is 4.10. The molecule has 0 aliphatic heterocycles. The molecule has 0 aliphatic carbocycles. The zero-order valence-corrected chi connectivity index (χ0v) is 11.1. The molecule has 1 aromatic heterocycles. The molecule has 0 saturated carbocycles. The first-order valence-corrected chi connectivity index (χ1v) is 6.17. The van der Waals surface area contributed by atoms with Crippen LogP contribution in [0.15, 0.2) is 42.6 Å². The maximum Gasteiger partial charge on any atom is 0.269 e. The van der Waals surface area contributed by atoms with Gasteiger partial charge in [-0.25, -0.2) is 0 Å². The molecule has 1 aromatic carbocycles. The van der Waals surface area contributed by atoms with Crippen molar-refractivity contribution in [3.05, 3.63) is 65.0 Å². The molecular formula is C15H15N3O2. The number of nitrogens with two attached hydrogens (primary N) is 1.